The summed E-state index contributed by atoms with van der Waals surface area (Å²) in [4.78, 5) is 12.3. The van der Waals surface area contributed by atoms with Gasteiger partial charge in [0, 0.05) is 12.6 Å². The Labute approximate surface area is 125 Å². The van der Waals surface area contributed by atoms with Crippen LogP contribution in [0.4, 0.5) is 0 Å². The van der Waals surface area contributed by atoms with E-state index in [9.17, 15) is 4.79 Å². The Morgan fingerprint density at radius 3 is 2.74 bits per heavy atom. The molecule has 2 rings (SSSR count). The maximum absolute atomic E-state index is 12.3. The molecule has 1 saturated heterocycles. The smallest absolute Gasteiger partial charge is 0.237 e. The van der Waals surface area contributed by atoms with E-state index < -0.39 is 0 Å². The fourth-order valence-electron chi connectivity index (χ4n) is 2.27. The van der Waals surface area contributed by atoms with E-state index in [1.165, 1.54) is 0 Å². The van der Waals surface area contributed by atoms with E-state index in [0.717, 1.165) is 31.5 Å². The van der Waals surface area contributed by atoms with Gasteiger partial charge in [-0.15, -0.1) is 24.2 Å². The molecule has 106 valence electrons. The van der Waals surface area contributed by atoms with Gasteiger partial charge in [-0.05, 0) is 31.2 Å². The molecular weight excluding hydrogens is 280 g/mol. The molecule has 1 amide bonds. The molecule has 2 N–H and O–H groups in total. The van der Waals surface area contributed by atoms with Crippen molar-refractivity contribution < 1.29 is 4.79 Å². The van der Waals surface area contributed by atoms with E-state index in [4.69, 9.17) is 0 Å². The van der Waals surface area contributed by atoms with Crippen LogP contribution in [0.5, 0.6) is 0 Å². The van der Waals surface area contributed by atoms with E-state index in [1.807, 2.05) is 36.6 Å². The second kappa shape index (κ2) is 8.46. The van der Waals surface area contributed by atoms with E-state index in [1.54, 1.807) is 11.8 Å². The van der Waals surface area contributed by atoms with Crippen molar-refractivity contribution in [2.75, 3.05) is 19.3 Å². The van der Waals surface area contributed by atoms with E-state index in [0.29, 0.717) is 0 Å². The molecule has 0 radical (unpaired) electrons. The van der Waals surface area contributed by atoms with Crippen molar-refractivity contribution in [1.29, 1.82) is 0 Å². The van der Waals surface area contributed by atoms with Gasteiger partial charge in [0.25, 0.3) is 0 Å². The third kappa shape index (κ3) is 4.71. The monoisotopic (exact) mass is 300 g/mol. The molecule has 1 heterocycles. The van der Waals surface area contributed by atoms with Crippen molar-refractivity contribution in [1.82, 2.24) is 10.6 Å². The Bertz CT molecular complexity index is 382. The van der Waals surface area contributed by atoms with Gasteiger partial charge in [0.1, 0.15) is 5.25 Å². The third-order valence-corrected chi connectivity index (χ3v) is 4.18. The predicted molar refractivity (Wildman–Crippen MR) is 84.0 cm³/mol. The fraction of sp³-hybridized carbons (Fsp3) is 0.500. The summed E-state index contributed by atoms with van der Waals surface area (Å²) in [6, 6.07) is 10.2. The SMILES string of the molecule is CSC(C(=O)NC1CCCNC1)c1ccccc1.Cl. The first-order valence-electron chi connectivity index (χ1n) is 6.40. The quantitative estimate of drug-likeness (QED) is 0.897. The molecule has 3 nitrogen and oxygen atoms in total. The summed E-state index contributed by atoms with van der Waals surface area (Å²) in [5.41, 5.74) is 1.08. The molecule has 1 aromatic carbocycles. The van der Waals surface area contributed by atoms with Crippen LogP contribution in [0.15, 0.2) is 30.3 Å². The van der Waals surface area contributed by atoms with Crippen molar-refractivity contribution in [2.45, 2.75) is 24.1 Å². The molecule has 19 heavy (non-hydrogen) atoms. The van der Waals surface area contributed by atoms with Crippen molar-refractivity contribution in [3.8, 4) is 0 Å². The van der Waals surface area contributed by atoms with Gasteiger partial charge in [0.05, 0.1) is 0 Å². The number of nitrogens with one attached hydrogen (secondary N) is 2. The van der Waals surface area contributed by atoms with Gasteiger partial charge in [0.2, 0.25) is 5.91 Å². The van der Waals surface area contributed by atoms with Gasteiger partial charge in [-0.25, -0.2) is 0 Å². The third-order valence-electron chi connectivity index (χ3n) is 3.22. The minimum Gasteiger partial charge on any atom is -0.351 e. The largest absolute Gasteiger partial charge is 0.351 e. The molecule has 0 bridgehead atoms. The molecule has 0 aliphatic carbocycles. The summed E-state index contributed by atoms with van der Waals surface area (Å²) >= 11 is 1.59. The molecule has 1 aliphatic rings. The number of halogens is 1. The van der Waals surface area contributed by atoms with Gasteiger partial charge < -0.3 is 10.6 Å². The molecule has 1 aliphatic heterocycles. The molecule has 1 aromatic rings. The van der Waals surface area contributed by atoms with E-state index in [2.05, 4.69) is 10.6 Å². The fourth-order valence-corrected chi connectivity index (χ4v) is 2.99. The normalized spacial score (nSPS) is 20.2. The topological polar surface area (TPSA) is 41.1 Å². The van der Waals surface area contributed by atoms with Crippen LogP contribution < -0.4 is 10.6 Å². The van der Waals surface area contributed by atoms with Crippen LogP contribution in [0.2, 0.25) is 0 Å². The lowest BCUT2D eigenvalue weighted by Gasteiger charge is -2.25. The molecule has 2 unspecified atom stereocenters. The Morgan fingerprint density at radius 1 is 1.42 bits per heavy atom. The average Bonchev–Trinajstić information content (AvgIpc) is 2.42. The number of hydrogen-bond acceptors (Lipinski definition) is 3. The van der Waals surface area contributed by atoms with Crippen molar-refractivity contribution in [3.05, 3.63) is 35.9 Å². The predicted octanol–water partition coefficient (Wildman–Crippen LogP) is 2.38. The van der Waals surface area contributed by atoms with Gasteiger partial charge >= 0.3 is 0 Å². The summed E-state index contributed by atoms with van der Waals surface area (Å²) in [7, 11) is 0. The second-order valence-electron chi connectivity index (χ2n) is 4.58. The maximum atomic E-state index is 12.3. The standard InChI is InChI=1S/C14H20N2OS.ClH/c1-18-13(11-6-3-2-4-7-11)14(17)16-12-8-5-9-15-10-12;/h2-4,6-7,12-13,15H,5,8-10H2,1H3,(H,16,17);1H. The first-order valence-corrected chi connectivity index (χ1v) is 7.69. The number of carbonyl (C=O) groups is 1. The molecular formula is C14H21ClN2OS. The van der Waals surface area contributed by atoms with Gasteiger partial charge in [-0.3, -0.25) is 4.79 Å². The first-order chi connectivity index (χ1) is 8.81. The summed E-state index contributed by atoms with van der Waals surface area (Å²) in [5.74, 6) is 0.127. The van der Waals surface area contributed by atoms with Crippen LogP contribution in [0, 0.1) is 0 Å². The van der Waals surface area contributed by atoms with Gasteiger partial charge in [-0.2, -0.15) is 0 Å². The zero-order valence-corrected chi connectivity index (χ0v) is 12.7. The number of amides is 1. The van der Waals surface area contributed by atoms with Crippen LogP contribution in [-0.2, 0) is 4.79 Å². The number of rotatable bonds is 4. The average molecular weight is 301 g/mol. The zero-order chi connectivity index (χ0) is 12.8. The minimum absolute atomic E-state index is 0. The van der Waals surface area contributed by atoms with Crippen LogP contribution in [0.3, 0.4) is 0 Å². The highest BCUT2D eigenvalue weighted by Crippen LogP contribution is 2.26. The van der Waals surface area contributed by atoms with Crippen LogP contribution >= 0.6 is 24.2 Å². The van der Waals surface area contributed by atoms with Crippen molar-refractivity contribution in [2.24, 2.45) is 0 Å². The van der Waals surface area contributed by atoms with Gasteiger partial charge in [0.15, 0.2) is 0 Å². The number of hydrogen-bond donors (Lipinski definition) is 2. The molecule has 0 aromatic heterocycles. The molecule has 0 saturated carbocycles. The maximum Gasteiger partial charge on any atom is 0.237 e. The number of carbonyl (C=O) groups excluding carboxylic acids is 1. The summed E-state index contributed by atoms with van der Waals surface area (Å²) < 4.78 is 0. The first kappa shape index (κ1) is 16.3. The molecule has 1 fully saturated rings. The lowest BCUT2D eigenvalue weighted by atomic mass is 10.1. The Morgan fingerprint density at radius 2 is 2.16 bits per heavy atom. The lowest BCUT2D eigenvalue weighted by molar-refractivity contribution is -0.121. The summed E-state index contributed by atoms with van der Waals surface area (Å²) in [5, 5.41) is 6.36. The number of thioether (sulfide) groups is 1. The van der Waals surface area contributed by atoms with Crippen molar-refractivity contribution in [3.63, 3.8) is 0 Å². The lowest BCUT2D eigenvalue weighted by Crippen LogP contribution is -2.46. The molecule has 2 atom stereocenters. The van der Waals surface area contributed by atoms with E-state index in [-0.39, 0.29) is 29.6 Å². The second-order valence-corrected chi connectivity index (χ2v) is 5.52. The van der Waals surface area contributed by atoms with Gasteiger partial charge in [-0.1, -0.05) is 30.3 Å². The van der Waals surface area contributed by atoms with Crippen LogP contribution in [0.1, 0.15) is 23.7 Å². The van der Waals surface area contributed by atoms with Crippen LogP contribution in [-0.4, -0.2) is 31.3 Å². The number of piperidine rings is 1. The highest BCUT2D eigenvalue weighted by atomic mass is 35.5. The highest BCUT2D eigenvalue weighted by Gasteiger charge is 2.22. The summed E-state index contributed by atoms with van der Waals surface area (Å²) in [6.07, 6.45) is 4.20. The van der Waals surface area contributed by atoms with E-state index >= 15 is 0 Å². The van der Waals surface area contributed by atoms with Crippen LogP contribution in [0.25, 0.3) is 0 Å². The Hall–Kier alpha value is -0.710. The minimum atomic E-state index is -0.104. The Kier molecular flexibility index (Phi) is 7.28. The molecule has 0 spiro atoms. The zero-order valence-electron chi connectivity index (χ0n) is 11.1. The highest BCUT2D eigenvalue weighted by molar-refractivity contribution is 7.99. The number of benzene rings is 1. The molecule has 5 heteroatoms. The summed E-state index contributed by atoms with van der Waals surface area (Å²) in [6.45, 7) is 1.96. The Balaban J connectivity index is 0.00000180. The van der Waals surface area contributed by atoms with Crippen molar-refractivity contribution >= 4 is 30.1 Å².